The summed E-state index contributed by atoms with van der Waals surface area (Å²) in [5, 5.41) is 9.27. The van der Waals surface area contributed by atoms with Crippen molar-refractivity contribution in [1.29, 1.82) is 0 Å². The fourth-order valence-corrected chi connectivity index (χ4v) is 2.37. The number of likely N-dealkylation sites (tertiary alicyclic amines) is 1. The Bertz CT molecular complexity index is 520. The first-order chi connectivity index (χ1) is 8.98. The zero-order valence-electron chi connectivity index (χ0n) is 10.6. The van der Waals surface area contributed by atoms with Crippen LogP contribution in [0, 0.1) is 11.2 Å². The van der Waals surface area contributed by atoms with Crippen molar-refractivity contribution in [1.82, 2.24) is 9.88 Å². The van der Waals surface area contributed by atoms with E-state index in [1.807, 2.05) is 0 Å². The van der Waals surface area contributed by atoms with Crippen molar-refractivity contribution in [2.75, 3.05) is 13.1 Å². The third kappa shape index (κ3) is 2.43. The number of hydrogen-bond donors (Lipinski definition) is 1. The van der Waals surface area contributed by atoms with E-state index in [4.69, 9.17) is 0 Å². The number of halogens is 1. The van der Waals surface area contributed by atoms with E-state index in [9.17, 15) is 19.1 Å². The molecular formula is C13H15FN2O3. The highest BCUT2D eigenvalue weighted by Gasteiger charge is 2.44. The second kappa shape index (κ2) is 4.95. The topological polar surface area (TPSA) is 70.5 Å². The first-order valence-electron chi connectivity index (χ1n) is 6.12. The Morgan fingerprint density at radius 3 is 2.79 bits per heavy atom. The van der Waals surface area contributed by atoms with Crippen molar-refractivity contribution in [2.45, 2.75) is 19.8 Å². The Labute approximate surface area is 110 Å². The van der Waals surface area contributed by atoms with Gasteiger partial charge < -0.3 is 10.0 Å². The molecule has 0 aromatic carbocycles. The Kier molecular flexibility index (Phi) is 3.50. The van der Waals surface area contributed by atoms with Crippen LogP contribution in [-0.4, -0.2) is 40.0 Å². The molecule has 0 aliphatic carbocycles. The van der Waals surface area contributed by atoms with Crippen LogP contribution in [0.2, 0.25) is 0 Å². The fraction of sp³-hybridized carbons (Fsp3) is 0.462. The molecule has 1 fully saturated rings. The maximum absolute atomic E-state index is 13.0. The van der Waals surface area contributed by atoms with Crippen molar-refractivity contribution in [2.24, 2.45) is 5.41 Å². The molecule has 1 amide bonds. The summed E-state index contributed by atoms with van der Waals surface area (Å²) < 4.78 is 13.0. The molecule has 6 heteroatoms. The maximum atomic E-state index is 13.0. The van der Waals surface area contributed by atoms with Gasteiger partial charge in [0.25, 0.3) is 5.91 Å². The number of pyridine rings is 1. The van der Waals surface area contributed by atoms with Gasteiger partial charge in [-0.3, -0.25) is 14.6 Å². The second-order valence-electron chi connectivity index (χ2n) is 4.81. The first kappa shape index (κ1) is 13.5. The molecule has 102 valence electrons. The highest BCUT2D eigenvalue weighted by atomic mass is 19.1. The van der Waals surface area contributed by atoms with E-state index in [1.165, 1.54) is 11.1 Å². The molecule has 1 aliphatic heterocycles. The van der Waals surface area contributed by atoms with Crippen LogP contribution in [0.4, 0.5) is 4.39 Å². The number of hydrogen-bond acceptors (Lipinski definition) is 3. The van der Waals surface area contributed by atoms with Gasteiger partial charge in [-0.2, -0.15) is 0 Å². The van der Waals surface area contributed by atoms with Crippen molar-refractivity contribution >= 4 is 11.9 Å². The number of carboxylic acid groups (broad SMARTS) is 1. The van der Waals surface area contributed by atoms with Gasteiger partial charge in [-0.05, 0) is 18.9 Å². The van der Waals surface area contributed by atoms with Crippen molar-refractivity contribution in [3.8, 4) is 0 Å². The number of carbonyl (C=O) groups excluding carboxylic acids is 1. The molecule has 2 heterocycles. The van der Waals surface area contributed by atoms with Crippen molar-refractivity contribution in [3.63, 3.8) is 0 Å². The quantitative estimate of drug-likeness (QED) is 0.901. The van der Waals surface area contributed by atoms with Gasteiger partial charge in [-0.1, -0.05) is 6.92 Å². The average molecular weight is 266 g/mol. The van der Waals surface area contributed by atoms with E-state index in [0.717, 1.165) is 12.3 Å². The summed E-state index contributed by atoms with van der Waals surface area (Å²) in [6, 6.07) is 1.11. The van der Waals surface area contributed by atoms with Crippen LogP contribution in [0.5, 0.6) is 0 Å². The molecule has 0 bridgehead atoms. The smallest absolute Gasteiger partial charge is 0.311 e. The lowest BCUT2D eigenvalue weighted by atomic mass is 9.84. The van der Waals surface area contributed by atoms with Crippen LogP contribution in [0.15, 0.2) is 18.5 Å². The predicted octanol–water partition coefficient (Wildman–Crippen LogP) is 1.55. The van der Waals surface area contributed by atoms with Gasteiger partial charge in [0.1, 0.15) is 5.82 Å². The number of aromatic nitrogens is 1. The Morgan fingerprint density at radius 2 is 2.26 bits per heavy atom. The molecule has 0 saturated carbocycles. The lowest BCUT2D eigenvalue weighted by Crippen LogP contribution is -2.36. The number of rotatable bonds is 3. The monoisotopic (exact) mass is 266 g/mol. The predicted molar refractivity (Wildman–Crippen MR) is 65.1 cm³/mol. The number of carboxylic acids is 1. The van der Waals surface area contributed by atoms with Crippen LogP contribution in [-0.2, 0) is 4.79 Å². The summed E-state index contributed by atoms with van der Waals surface area (Å²) >= 11 is 0. The minimum atomic E-state index is -0.886. The second-order valence-corrected chi connectivity index (χ2v) is 4.81. The van der Waals surface area contributed by atoms with Crippen molar-refractivity contribution < 1.29 is 19.1 Å². The molecule has 1 aromatic rings. The fourth-order valence-electron chi connectivity index (χ4n) is 2.37. The van der Waals surface area contributed by atoms with Crippen LogP contribution in [0.25, 0.3) is 0 Å². The minimum absolute atomic E-state index is 0.150. The van der Waals surface area contributed by atoms with Gasteiger partial charge >= 0.3 is 5.97 Å². The summed E-state index contributed by atoms with van der Waals surface area (Å²) in [6.45, 7) is 2.33. The van der Waals surface area contributed by atoms with Gasteiger partial charge in [0.15, 0.2) is 0 Å². The Morgan fingerprint density at radius 1 is 1.53 bits per heavy atom. The molecule has 0 spiro atoms. The Balaban J connectivity index is 2.17. The third-order valence-electron chi connectivity index (χ3n) is 3.72. The molecule has 19 heavy (non-hydrogen) atoms. The zero-order valence-corrected chi connectivity index (χ0v) is 10.6. The third-order valence-corrected chi connectivity index (χ3v) is 3.72. The SMILES string of the molecule is CCC1(C(=O)O)CCN(C(=O)c2cncc(F)c2)C1. The molecule has 1 atom stereocenters. The number of aliphatic carboxylic acids is 1. The summed E-state index contributed by atoms with van der Waals surface area (Å²) in [5.74, 6) is -1.84. The highest BCUT2D eigenvalue weighted by Crippen LogP contribution is 2.34. The molecule has 1 N–H and O–H groups in total. The van der Waals surface area contributed by atoms with Gasteiger partial charge in [0.05, 0.1) is 17.2 Å². The molecule has 0 radical (unpaired) electrons. The number of nitrogens with zero attached hydrogens (tertiary/aromatic N) is 2. The van der Waals surface area contributed by atoms with Crippen LogP contribution >= 0.6 is 0 Å². The van der Waals surface area contributed by atoms with E-state index >= 15 is 0 Å². The maximum Gasteiger partial charge on any atom is 0.311 e. The molecule has 1 unspecified atom stereocenters. The van der Waals surface area contributed by atoms with Gasteiger partial charge in [-0.25, -0.2) is 4.39 Å². The molecule has 2 rings (SSSR count). The average Bonchev–Trinajstić information content (AvgIpc) is 2.83. The lowest BCUT2D eigenvalue weighted by Gasteiger charge is -2.23. The van der Waals surface area contributed by atoms with E-state index in [1.54, 1.807) is 6.92 Å². The van der Waals surface area contributed by atoms with E-state index in [2.05, 4.69) is 4.98 Å². The molecule has 1 saturated heterocycles. The summed E-state index contributed by atoms with van der Waals surface area (Å²) in [4.78, 5) is 28.5. The number of amides is 1. The standard InChI is InChI=1S/C13H15FN2O3/c1-2-13(12(18)19)3-4-16(8-13)11(17)9-5-10(14)7-15-6-9/h5-7H,2-4,8H2,1H3,(H,18,19). The Hall–Kier alpha value is -1.98. The van der Waals surface area contributed by atoms with Gasteiger partial charge in [0.2, 0.25) is 0 Å². The van der Waals surface area contributed by atoms with Crippen LogP contribution < -0.4 is 0 Å². The zero-order chi connectivity index (χ0) is 14.0. The highest BCUT2D eigenvalue weighted by molar-refractivity contribution is 5.94. The lowest BCUT2D eigenvalue weighted by molar-refractivity contribution is -0.148. The summed E-state index contributed by atoms with van der Waals surface area (Å²) in [6.07, 6.45) is 3.20. The van der Waals surface area contributed by atoms with E-state index in [-0.39, 0.29) is 18.0 Å². The van der Waals surface area contributed by atoms with Crippen molar-refractivity contribution in [3.05, 3.63) is 29.8 Å². The first-order valence-corrected chi connectivity index (χ1v) is 6.12. The molecule has 1 aromatic heterocycles. The largest absolute Gasteiger partial charge is 0.481 e. The van der Waals surface area contributed by atoms with Crippen LogP contribution in [0.1, 0.15) is 30.1 Å². The van der Waals surface area contributed by atoms with E-state index in [0.29, 0.717) is 19.4 Å². The number of carbonyl (C=O) groups is 2. The minimum Gasteiger partial charge on any atom is -0.481 e. The molecule has 1 aliphatic rings. The van der Waals surface area contributed by atoms with Crippen LogP contribution in [0.3, 0.4) is 0 Å². The molecular weight excluding hydrogens is 251 g/mol. The summed E-state index contributed by atoms with van der Waals surface area (Å²) in [5.41, 5.74) is -0.728. The van der Waals surface area contributed by atoms with E-state index < -0.39 is 17.2 Å². The van der Waals surface area contributed by atoms with Gasteiger partial charge in [0, 0.05) is 19.3 Å². The summed E-state index contributed by atoms with van der Waals surface area (Å²) in [7, 11) is 0. The van der Waals surface area contributed by atoms with Gasteiger partial charge in [-0.15, -0.1) is 0 Å². The molecule has 5 nitrogen and oxygen atoms in total. The normalized spacial score (nSPS) is 22.5.